The van der Waals surface area contributed by atoms with Crippen LogP contribution in [0.2, 0.25) is 0 Å². The predicted octanol–water partition coefficient (Wildman–Crippen LogP) is 4.69. The Bertz CT molecular complexity index is 1020. The highest BCUT2D eigenvalue weighted by atomic mass is 79.9. The summed E-state index contributed by atoms with van der Waals surface area (Å²) in [4.78, 5) is 17.7. The van der Waals surface area contributed by atoms with Gasteiger partial charge in [0.05, 0.1) is 23.2 Å². The van der Waals surface area contributed by atoms with Crippen LogP contribution in [0.15, 0.2) is 59.5 Å². The summed E-state index contributed by atoms with van der Waals surface area (Å²) in [6.07, 6.45) is 5.10. The third-order valence-corrected chi connectivity index (χ3v) is 5.11. The molecule has 8 heteroatoms. The fourth-order valence-electron chi connectivity index (χ4n) is 3.05. The van der Waals surface area contributed by atoms with Gasteiger partial charge in [0.25, 0.3) is 0 Å². The average Bonchev–Trinajstić information content (AvgIpc) is 3.06. The lowest BCUT2D eigenvalue weighted by Crippen LogP contribution is -2.57. The quantitative estimate of drug-likeness (QED) is 0.552. The second-order valence-electron chi connectivity index (χ2n) is 8.13. The van der Waals surface area contributed by atoms with Crippen LogP contribution in [-0.4, -0.2) is 50.6 Å². The zero-order valence-electron chi connectivity index (χ0n) is 17.1. The number of halogens is 1. The first-order chi connectivity index (χ1) is 14.3. The van der Waals surface area contributed by atoms with Crippen molar-refractivity contribution in [1.29, 1.82) is 0 Å². The molecule has 0 atom stereocenters. The lowest BCUT2D eigenvalue weighted by Gasteiger charge is -2.39. The maximum absolute atomic E-state index is 12.0. The summed E-state index contributed by atoms with van der Waals surface area (Å²) in [5, 5.41) is 4.67. The summed E-state index contributed by atoms with van der Waals surface area (Å²) < 4.78 is 14.0. The molecule has 1 aliphatic rings. The molecule has 7 nitrogen and oxygen atoms in total. The molecule has 0 N–H and O–H groups in total. The third kappa shape index (κ3) is 4.64. The Labute approximate surface area is 183 Å². The highest BCUT2D eigenvalue weighted by Crippen LogP contribution is 2.28. The molecule has 30 heavy (non-hydrogen) atoms. The van der Waals surface area contributed by atoms with Crippen molar-refractivity contribution >= 4 is 22.0 Å². The molecule has 0 unspecified atom stereocenters. The molecule has 0 bridgehead atoms. The molecule has 0 spiro atoms. The lowest BCUT2D eigenvalue weighted by molar-refractivity contribution is -0.0221. The minimum absolute atomic E-state index is 0.0273. The molecule has 1 aliphatic heterocycles. The van der Waals surface area contributed by atoms with Gasteiger partial charge in [-0.3, -0.25) is 4.98 Å². The van der Waals surface area contributed by atoms with Crippen LogP contribution in [0.3, 0.4) is 0 Å². The predicted molar refractivity (Wildman–Crippen MR) is 117 cm³/mol. The summed E-state index contributed by atoms with van der Waals surface area (Å²) in [5.74, 6) is 0.758. The van der Waals surface area contributed by atoms with Gasteiger partial charge < -0.3 is 14.4 Å². The second kappa shape index (κ2) is 8.10. The van der Waals surface area contributed by atoms with E-state index in [1.54, 1.807) is 17.3 Å². The molecule has 1 fully saturated rings. The number of carbonyl (C=O) groups excluding carboxylic acids is 1. The van der Waals surface area contributed by atoms with Gasteiger partial charge in [0, 0.05) is 24.2 Å². The van der Waals surface area contributed by atoms with Crippen LogP contribution in [0.5, 0.6) is 5.75 Å². The van der Waals surface area contributed by atoms with Gasteiger partial charge in [-0.1, -0.05) is 0 Å². The number of nitrogens with zero attached hydrogens (tertiary/aromatic N) is 4. The maximum atomic E-state index is 12.0. The second-order valence-corrected chi connectivity index (χ2v) is 8.98. The van der Waals surface area contributed by atoms with E-state index < -0.39 is 5.60 Å². The van der Waals surface area contributed by atoms with Crippen LogP contribution in [0.25, 0.3) is 16.9 Å². The van der Waals surface area contributed by atoms with Crippen LogP contribution < -0.4 is 4.74 Å². The Morgan fingerprint density at radius 2 is 1.77 bits per heavy atom. The molecular weight excluding hydrogens is 448 g/mol. The van der Waals surface area contributed by atoms with Crippen molar-refractivity contribution in [3.63, 3.8) is 0 Å². The molecule has 1 aromatic carbocycles. The molecule has 3 heterocycles. The van der Waals surface area contributed by atoms with Gasteiger partial charge in [0.2, 0.25) is 0 Å². The average molecular weight is 471 g/mol. The summed E-state index contributed by atoms with van der Waals surface area (Å²) in [5.41, 5.74) is 2.29. The lowest BCUT2D eigenvalue weighted by atomic mass is 10.1. The number of amides is 1. The molecule has 2 aromatic heterocycles. The number of hydrogen-bond donors (Lipinski definition) is 0. The van der Waals surface area contributed by atoms with E-state index in [1.807, 2.05) is 68.0 Å². The zero-order chi connectivity index (χ0) is 21.3. The fourth-order valence-corrected chi connectivity index (χ4v) is 3.55. The minimum Gasteiger partial charge on any atom is -0.487 e. The van der Waals surface area contributed by atoms with Crippen molar-refractivity contribution in [3.05, 3.63) is 59.5 Å². The van der Waals surface area contributed by atoms with Gasteiger partial charge in [-0.15, -0.1) is 0 Å². The number of aromatic nitrogens is 3. The summed E-state index contributed by atoms with van der Waals surface area (Å²) in [6.45, 7) is 6.63. The van der Waals surface area contributed by atoms with E-state index in [-0.39, 0.29) is 12.2 Å². The molecule has 0 radical (unpaired) electrons. The van der Waals surface area contributed by atoms with Crippen LogP contribution in [-0.2, 0) is 4.74 Å². The normalized spacial score (nSPS) is 14.3. The number of likely N-dealkylation sites (tertiary alicyclic amines) is 1. The van der Waals surface area contributed by atoms with Gasteiger partial charge in [0.15, 0.2) is 0 Å². The molecule has 0 saturated carbocycles. The van der Waals surface area contributed by atoms with Gasteiger partial charge in [0.1, 0.15) is 23.1 Å². The highest BCUT2D eigenvalue weighted by Gasteiger charge is 2.35. The van der Waals surface area contributed by atoms with E-state index in [0.29, 0.717) is 13.1 Å². The SMILES string of the molecule is CC(C)(C)OC(=O)N1CC(Oc2ccc(-n3cc(Br)c(-c4ccncc4)n3)cc2)C1. The number of hydrogen-bond acceptors (Lipinski definition) is 5. The molecular formula is C22H23BrN4O3. The van der Waals surface area contributed by atoms with E-state index in [4.69, 9.17) is 9.47 Å². The van der Waals surface area contributed by atoms with E-state index in [1.165, 1.54) is 0 Å². The van der Waals surface area contributed by atoms with Crippen molar-refractivity contribution in [1.82, 2.24) is 19.7 Å². The van der Waals surface area contributed by atoms with E-state index in [9.17, 15) is 4.79 Å². The van der Waals surface area contributed by atoms with Crippen LogP contribution in [0, 0.1) is 0 Å². The number of ether oxygens (including phenoxy) is 2. The number of rotatable bonds is 4. The van der Waals surface area contributed by atoms with Gasteiger partial charge in [-0.05, 0) is 73.1 Å². The standard InChI is InChI=1S/C22H23BrN4O3/c1-22(2,3)30-21(28)26-12-18(13-26)29-17-6-4-16(5-7-17)27-14-19(23)20(25-27)15-8-10-24-11-9-15/h4-11,14,18H,12-13H2,1-3H3. The minimum atomic E-state index is -0.488. The van der Waals surface area contributed by atoms with Gasteiger partial charge in [-0.2, -0.15) is 5.10 Å². The Hall–Kier alpha value is -2.87. The van der Waals surface area contributed by atoms with Crippen molar-refractivity contribution < 1.29 is 14.3 Å². The molecule has 156 valence electrons. The van der Waals surface area contributed by atoms with E-state index in [0.717, 1.165) is 27.2 Å². The van der Waals surface area contributed by atoms with Crippen molar-refractivity contribution in [2.24, 2.45) is 0 Å². The first kappa shape index (κ1) is 20.4. The molecule has 4 rings (SSSR count). The molecule has 1 saturated heterocycles. The zero-order valence-corrected chi connectivity index (χ0v) is 18.7. The Kier molecular flexibility index (Phi) is 5.51. The molecule has 1 amide bonds. The van der Waals surface area contributed by atoms with E-state index in [2.05, 4.69) is 26.0 Å². The Morgan fingerprint density at radius 3 is 2.40 bits per heavy atom. The van der Waals surface area contributed by atoms with Crippen LogP contribution >= 0.6 is 15.9 Å². The first-order valence-electron chi connectivity index (χ1n) is 9.69. The van der Waals surface area contributed by atoms with Crippen molar-refractivity contribution in [2.45, 2.75) is 32.5 Å². The fraction of sp³-hybridized carbons (Fsp3) is 0.318. The maximum Gasteiger partial charge on any atom is 0.410 e. The molecule has 0 aliphatic carbocycles. The number of carbonyl (C=O) groups is 1. The Morgan fingerprint density at radius 1 is 1.10 bits per heavy atom. The number of pyridine rings is 1. The smallest absolute Gasteiger partial charge is 0.410 e. The molecule has 3 aromatic rings. The first-order valence-corrected chi connectivity index (χ1v) is 10.5. The summed E-state index contributed by atoms with van der Waals surface area (Å²) >= 11 is 3.58. The third-order valence-electron chi connectivity index (χ3n) is 4.53. The van der Waals surface area contributed by atoms with Gasteiger partial charge in [-0.25, -0.2) is 9.48 Å². The monoisotopic (exact) mass is 470 g/mol. The van der Waals surface area contributed by atoms with Crippen molar-refractivity contribution in [2.75, 3.05) is 13.1 Å². The van der Waals surface area contributed by atoms with Crippen LogP contribution in [0.1, 0.15) is 20.8 Å². The van der Waals surface area contributed by atoms with E-state index >= 15 is 0 Å². The largest absolute Gasteiger partial charge is 0.487 e. The summed E-state index contributed by atoms with van der Waals surface area (Å²) in [7, 11) is 0. The topological polar surface area (TPSA) is 69.5 Å². The van der Waals surface area contributed by atoms with Crippen molar-refractivity contribution in [3.8, 4) is 22.7 Å². The Balaban J connectivity index is 1.36. The summed E-state index contributed by atoms with van der Waals surface area (Å²) in [6, 6.07) is 11.6. The highest BCUT2D eigenvalue weighted by molar-refractivity contribution is 9.10. The van der Waals surface area contributed by atoms with Crippen LogP contribution in [0.4, 0.5) is 4.79 Å². The number of benzene rings is 1. The van der Waals surface area contributed by atoms with Gasteiger partial charge >= 0.3 is 6.09 Å².